The Kier molecular flexibility index (Phi) is 3.77. The highest BCUT2D eigenvalue weighted by atomic mass is 32.1. The van der Waals surface area contributed by atoms with Gasteiger partial charge in [-0.25, -0.2) is 4.98 Å². The molecule has 4 nitrogen and oxygen atoms in total. The third-order valence-corrected chi connectivity index (χ3v) is 3.49. The van der Waals surface area contributed by atoms with Crippen molar-refractivity contribution < 1.29 is 0 Å². The predicted octanol–water partition coefficient (Wildman–Crippen LogP) is 1.53. The Morgan fingerprint density at radius 1 is 1.56 bits per heavy atom. The maximum atomic E-state index is 4.22. The van der Waals surface area contributed by atoms with Crippen molar-refractivity contribution in [2.45, 2.75) is 26.3 Å². The minimum Gasteiger partial charge on any atom is -0.356 e. The van der Waals surface area contributed by atoms with Crippen LogP contribution < -0.4 is 10.6 Å². The van der Waals surface area contributed by atoms with Crippen LogP contribution in [0.5, 0.6) is 0 Å². The molecular weight excluding hydrogens is 220 g/mol. The number of nitrogens with one attached hydrogen (secondary N) is 2. The summed E-state index contributed by atoms with van der Waals surface area (Å²) in [7, 11) is 1.81. The molecule has 2 rings (SSSR count). The molecule has 0 bridgehead atoms. The summed E-state index contributed by atoms with van der Waals surface area (Å²) in [5.41, 5.74) is 0. The van der Waals surface area contributed by atoms with Crippen molar-refractivity contribution in [3.8, 4) is 0 Å². The smallest absolute Gasteiger partial charge is 0.191 e. The monoisotopic (exact) mass is 238 g/mol. The van der Waals surface area contributed by atoms with Crippen molar-refractivity contribution in [2.24, 2.45) is 10.9 Å². The number of hydrogen-bond acceptors (Lipinski definition) is 3. The number of aromatic nitrogens is 1. The lowest BCUT2D eigenvalue weighted by Gasteiger charge is -2.10. The Morgan fingerprint density at radius 2 is 2.38 bits per heavy atom. The highest BCUT2D eigenvalue weighted by molar-refractivity contribution is 7.11. The van der Waals surface area contributed by atoms with Crippen LogP contribution in [-0.4, -0.2) is 24.5 Å². The molecule has 16 heavy (non-hydrogen) atoms. The van der Waals surface area contributed by atoms with Gasteiger partial charge in [-0.05, 0) is 25.7 Å². The first-order valence-electron chi connectivity index (χ1n) is 5.63. The fourth-order valence-corrected chi connectivity index (χ4v) is 2.18. The van der Waals surface area contributed by atoms with Crippen LogP contribution in [-0.2, 0) is 6.54 Å². The van der Waals surface area contributed by atoms with Crippen molar-refractivity contribution in [3.63, 3.8) is 0 Å². The van der Waals surface area contributed by atoms with Gasteiger partial charge in [0.25, 0.3) is 0 Å². The fourth-order valence-electron chi connectivity index (χ4n) is 1.44. The standard InChI is InChI=1S/C11H18N4S/c1-8-13-6-10(16-8)7-15-11(12-2)14-5-9-3-4-9/h6,9H,3-5,7H2,1-2H3,(H2,12,14,15). The number of guanidine groups is 1. The summed E-state index contributed by atoms with van der Waals surface area (Å²) in [5, 5.41) is 7.73. The van der Waals surface area contributed by atoms with E-state index < -0.39 is 0 Å². The van der Waals surface area contributed by atoms with Gasteiger partial charge in [0, 0.05) is 24.7 Å². The number of nitrogens with zero attached hydrogens (tertiary/aromatic N) is 2. The lowest BCUT2D eigenvalue weighted by Crippen LogP contribution is -2.37. The molecular formula is C11H18N4S. The van der Waals surface area contributed by atoms with Crippen LogP contribution in [0.2, 0.25) is 0 Å². The average Bonchev–Trinajstić information content (AvgIpc) is 3.02. The summed E-state index contributed by atoms with van der Waals surface area (Å²) in [6.45, 7) is 3.87. The molecule has 0 amide bonds. The minimum absolute atomic E-state index is 0.801. The third kappa shape index (κ3) is 3.48. The van der Waals surface area contributed by atoms with E-state index in [2.05, 4.69) is 20.6 Å². The average molecular weight is 238 g/mol. The molecule has 0 aliphatic heterocycles. The van der Waals surface area contributed by atoms with Gasteiger partial charge in [0.1, 0.15) is 0 Å². The Balaban J connectivity index is 1.73. The van der Waals surface area contributed by atoms with Crippen LogP contribution in [0, 0.1) is 12.8 Å². The Bertz CT molecular complexity index is 368. The number of rotatable bonds is 4. The molecule has 2 N–H and O–H groups in total. The predicted molar refractivity (Wildman–Crippen MR) is 67.8 cm³/mol. The van der Waals surface area contributed by atoms with Crippen molar-refractivity contribution in [1.82, 2.24) is 15.6 Å². The molecule has 0 radical (unpaired) electrons. The summed E-state index contributed by atoms with van der Waals surface area (Å²) in [6, 6.07) is 0. The zero-order valence-electron chi connectivity index (χ0n) is 9.79. The van der Waals surface area contributed by atoms with Crippen molar-refractivity contribution in [3.05, 3.63) is 16.1 Å². The number of aliphatic imine (C=N–C) groups is 1. The molecule has 1 aromatic heterocycles. The van der Waals surface area contributed by atoms with Crippen LogP contribution in [0.15, 0.2) is 11.2 Å². The molecule has 1 heterocycles. The minimum atomic E-state index is 0.801. The fraction of sp³-hybridized carbons (Fsp3) is 0.636. The van der Waals surface area contributed by atoms with Gasteiger partial charge < -0.3 is 10.6 Å². The zero-order chi connectivity index (χ0) is 11.4. The molecule has 0 saturated heterocycles. The van der Waals surface area contributed by atoms with Gasteiger partial charge in [0.05, 0.1) is 11.6 Å². The zero-order valence-corrected chi connectivity index (χ0v) is 10.6. The molecule has 1 aliphatic rings. The van der Waals surface area contributed by atoms with Gasteiger partial charge in [-0.15, -0.1) is 11.3 Å². The quantitative estimate of drug-likeness (QED) is 0.618. The van der Waals surface area contributed by atoms with Crippen molar-refractivity contribution in [2.75, 3.05) is 13.6 Å². The second-order valence-corrected chi connectivity index (χ2v) is 5.41. The highest BCUT2D eigenvalue weighted by Gasteiger charge is 2.20. The first kappa shape index (κ1) is 11.4. The lowest BCUT2D eigenvalue weighted by atomic mass is 10.4. The maximum absolute atomic E-state index is 4.22. The first-order valence-corrected chi connectivity index (χ1v) is 6.45. The molecule has 88 valence electrons. The van der Waals surface area contributed by atoms with E-state index in [9.17, 15) is 0 Å². The van der Waals surface area contributed by atoms with Gasteiger partial charge >= 0.3 is 0 Å². The SMILES string of the molecule is CN=C(NCc1cnc(C)s1)NCC1CC1. The third-order valence-electron chi connectivity index (χ3n) is 2.58. The second-order valence-electron chi connectivity index (χ2n) is 4.10. The van der Waals surface area contributed by atoms with Crippen LogP contribution >= 0.6 is 11.3 Å². The molecule has 1 aliphatic carbocycles. The molecule has 0 aromatic carbocycles. The maximum Gasteiger partial charge on any atom is 0.191 e. The molecule has 5 heteroatoms. The topological polar surface area (TPSA) is 49.3 Å². The van der Waals surface area contributed by atoms with Gasteiger partial charge in [0.15, 0.2) is 5.96 Å². The first-order chi connectivity index (χ1) is 7.78. The van der Waals surface area contributed by atoms with Gasteiger partial charge in [0.2, 0.25) is 0 Å². The van der Waals surface area contributed by atoms with Crippen molar-refractivity contribution in [1.29, 1.82) is 0 Å². The normalized spacial score (nSPS) is 16.2. The summed E-state index contributed by atoms with van der Waals surface area (Å²) < 4.78 is 0. The van der Waals surface area contributed by atoms with E-state index in [0.29, 0.717) is 0 Å². The summed E-state index contributed by atoms with van der Waals surface area (Å²) in [5.74, 6) is 1.75. The molecule has 0 unspecified atom stereocenters. The van der Waals surface area contributed by atoms with E-state index in [1.54, 1.807) is 18.4 Å². The molecule has 1 aromatic rings. The molecule has 0 spiro atoms. The van der Waals surface area contributed by atoms with E-state index in [0.717, 1.165) is 30.0 Å². The van der Waals surface area contributed by atoms with Crippen LogP contribution in [0.4, 0.5) is 0 Å². The number of thiazole rings is 1. The van der Waals surface area contributed by atoms with Gasteiger partial charge in [-0.1, -0.05) is 0 Å². The summed E-state index contributed by atoms with van der Waals surface area (Å²) >= 11 is 1.72. The number of aryl methyl sites for hydroxylation is 1. The van der Waals surface area contributed by atoms with E-state index >= 15 is 0 Å². The van der Waals surface area contributed by atoms with Crippen LogP contribution in [0.25, 0.3) is 0 Å². The van der Waals surface area contributed by atoms with Crippen LogP contribution in [0.3, 0.4) is 0 Å². The van der Waals surface area contributed by atoms with E-state index in [1.165, 1.54) is 17.7 Å². The molecule has 1 saturated carbocycles. The highest BCUT2D eigenvalue weighted by Crippen LogP contribution is 2.27. The Labute approximate surface area is 100 Å². The Hall–Kier alpha value is -1.10. The van der Waals surface area contributed by atoms with Gasteiger partial charge in [-0.2, -0.15) is 0 Å². The van der Waals surface area contributed by atoms with Crippen molar-refractivity contribution >= 4 is 17.3 Å². The molecule has 0 atom stereocenters. The second kappa shape index (κ2) is 5.30. The van der Waals surface area contributed by atoms with Crippen LogP contribution in [0.1, 0.15) is 22.7 Å². The number of hydrogen-bond donors (Lipinski definition) is 2. The summed E-state index contributed by atoms with van der Waals surface area (Å²) in [6.07, 6.45) is 4.64. The van der Waals surface area contributed by atoms with Gasteiger partial charge in [-0.3, -0.25) is 4.99 Å². The van der Waals surface area contributed by atoms with E-state index in [-0.39, 0.29) is 0 Å². The largest absolute Gasteiger partial charge is 0.356 e. The summed E-state index contributed by atoms with van der Waals surface area (Å²) in [4.78, 5) is 9.65. The lowest BCUT2D eigenvalue weighted by molar-refractivity contribution is 0.739. The Morgan fingerprint density at radius 3 is 2.94 bits per heavy atom. The molecule has 1 fully saturated rings. The van der Waals surface area contributed by atoms with E-state index in [4.69, 9.17) is 0 Å². The van der Waals surface area contributed by atoms with E-state index in [1.807, 2.05) is 13.1 Å².